The summed E-state index contributed by atoms with van der Waals surface area (Å²) in [5, 5.41) is 15.7. The van der Waals surface area contributed by atoms with E-state index in [1.807, 2.05) is 32.0 Å². The summed E-state index contributed by atoms with van der Waals surface area (Å²) in [6.45, 7) is 6.11. The van der Waals surface area contributed by atoms with Gasteiger partial charge in [-0.1, -0.05) is 12.1 Å². The average Bonchev–Trinajstić information content (AvgIpc) is 3.21. The van der Waals surface area contributed by atoms with Gasteiger partial charge in [0.25, 0.3) is 11.6 Å². The second-order valence-corrected chi connectivity index (χ2v) is 7.30. The molecule has 3 aromatic rings. The number of ether oxygens (including phenoxy) is 1. The van der Waals surface area contributed by atoms with E-state index in [1.165, 1.54) is 17.7 Å². The Morgan fingerprint density at radius 2 is 1.73 bits per heavy atom. The van der Waals surface area contributed by atoms with Gasteiger partial charge >= 0.3 is 0 Å². The highest BCUT2D eigenvalue weighted by molar-refractivity contribution is 5.94. The fourth-order valence-electron chi connectivity index (χ4n) is 3.42. The van der Waals surface area contributed by atoms with Crippen molar-refractivity contribution in [3.8, 4) is 16.9 Å². The molecule has 0 spiro atoms. The molecule has 8 nitrogen and oxygen atoms in total. The first-order chi connectivity index (χ1) is 14.4. The lowest BCUT2D eigenvalue weighted by atomic mass is 10.0. The lowest BCUT2D eigenvalue weighted by Crippen LogP contribution is -2.41. The van der Waals surface area contributed by atoms with Gasteiger partial charge in [-0.15, -0.1) is 0 Å². The fraction of sp³-hybridized carbons (Fsp3) is 0.273. The maximum atomic E-state index is 13.2. The summed E-state index contributed by atoms with van der Waals surface area (Å²) in [6, 6.07) is 13.9. The van der Waals surface area contributed by atoms with Crippen molar-refractivity contribution in [1.29, 1.82) is 0 Å². The number of nitro benzene ring substituents is 1. The molecular weight excluding hydrogens is 384 g/mol. The van der Waals surface area contributed by atoms with Gasteiger partial charge in [-0.25, -0.2) is 4.68 Å². The zero-order valence-electron chi connectivity index (χ0n) is 16.9. The molecule has 0 N–H and O–H groups in total. The lowest BCUT2D eigenvalue weighted by molar-refractivity contribution is -0.384. The minimum atomic E-state index is -0.451. The monoisotopic (exact) mass is 406 g/mol. The van der Waals surface area contributed by atoms with Gasteiger partial charge in [0.05, 0.1) is 29.5 Å². The van der Waals surface area contributed by atoms with Crippen LogP contribution in [-0.4, -0.2) is 51.8 Å². The van der Waals surface area contributed by atoms with Crippen LogP contribution < -0.4 is 0 Å². The highest BCUT2D eigenvalue weighted by Crippen LogP contribution is 2.26. The second kappa shape index (κ2) is 8.08. The van der Waals surface area contributed by atoms with E-state index >= 15 is 0 Å². The number of amides is 1. The number of morpholine rings is 1. The van der Waals surface area contributed by atoms with Crippen LogP contribution in [0.15, 0.2) is 48.5 Å². The van der Waals surface area contributed by atoms with E-state index in [0.717, 1.165) is 11.1 Å². The molecule has 2 heterocycles. The van der Waals surface area contributed by atoms with Crippen LogP contribution in [0.5, 0.6) is 0 Å². The van der Waals surface area contributed by atoms with Crippen LogP contribution in [0, 0.1) is 24.0 Å². The van der Waals surface area contributed by atoms with Crippen molar-refractivity contribution in [3.63, 3.8) is 0 Å². The Kier molecular flexibility index (Phi) is 5.33. The summed E-state index contributed by atoms with van der Waals surface area (Å²) >= 11 is 0. The van der Waals surface area contributed by atoms with Gasteiger partial charge in [0, 0.05) is 30.8 Å². The molecule has 1 fully saturated rings. The number of hydrogen-bond acceptors (Lipinski definition) is 5. The molecule has 8 heteroatoms. The predicted molar refractivity (Wildman–Crippen MR) is 112 cm³/mol. The molecular formula is C22H22N4O4. The fourth-order valence-corrected chi connectivity index (χ4v) is 3.42. The van der Waals surface area contributed by atoms with Gasteiger partial charge in [-0.05, 0) is 49.2 Å². The van der Waals surface area contributed by atoms with Crippen molar-refractivity contribution in [1.82, 2.24) is 14.7 Å². The third-order valence-corrected chi connectivity index (χ3v) is 5.33. The molecule has 0 aliphatic carbocycles. The molecule has 2 aromatic carbocycles. The normalized spacial score (nSPS) is 14.0. The van der Waals surface area contributed by atoms with Crippen LogP contribution in [0.3, 0.4) is 0 Å². The van der Waals surface area contributed by atoms with E-state index in [1.54, 1.807) is 27.8 Å². The summed E-state index contributed by atoms with van der Waals surface area (Å²) in [6.07, 6.45) is 0. The average molecular weight is 406 g/mol. The van der Waals surface area contributed by atoms with Gasteiger partial charge < -0.3 is 9.64 Å². The number of aryl methyl sites for hydroxylation is 2. The Morgan fingerprint density at radius 1 is 1.03 bits per heavy atom. The topological polar surface area (TPSA) is 90.5 Å². The minimum Gasteiger partial charge on any atom is -0.378 e. The SMILES string of the molecule is Cc1ccc(-c2cc(C(=O)N3CCOCC3)n(-c3ccc([N+](=O)[O-])cc3)n2)cc1C. The number of benzene rings is 2. The molecule has 1 amide bonds. The number of nitrogens with zero attached hydrogens (tertiary/aromatic N) is 4. The molecule has 1 aliphatic rings. The summed E-state index contributed by atoms with van der Waals surface area (Å²) in [7, 11) is 0. The number of nitro groups is 1. The Bertz CT molecular complexity index is 1100. The number of non-ortho nitro benzene ring substituents is 1. The van der Waals surface area contributed by atoms with Crippen molar-refractivity contribution in [2.45, 2.75) is 13.8 Å². The van der Waals surface area contributed by atoms with E-state index in [-0.39, 0.29) is 11.6 Å². The van der Waals surface area contributed by atoms with Crippen molar-refractivity contribution in [3.05, 3.63) is 75.5 Å². The van der Waals surface area contributed by atoms with Crippen LogP contribution in [0.25, 0.3) is 16.9 Å². The van der Waals surface area contributed by atoms with E-state index in [9.17, 15) is 14.9 Å². The quantitative estimate of drug-likeness (QED) is 0.488. The molecule has 0 bridgehead atoms. The first-order valence-electron chi connectivity index (χ1n) is 9.73. The summed E-state index contributed by atoms with van der Waals surface area (Å²) < 4.78 is 6.92. The maximum absolute atomic E-state index is 13.2. The molecule has 154 valence electrons. The molecule has 1 saturated heterocycles. The van der Waals surface area contributed by atoms with Gasteiger partial charge in [0.15, 0.2) is 0 Å². The van der Waals surface area contributed by atoms with Crippen molar-refractivity contribution < 1.29 is 14.5 Å². The van der Waals surface area contributed by atoms with E-state index in [2.05, 4.69) is 5.10 Å². The Labute approximate surface area is 173 Å². The van der Waals surface area contributed by atoms with Crippen LogP contribution in [0.2, 0.25) is 0 Å². The van der Waals surface area contributed by atoms with Crippen LogP contribution in [0.4, 0.5) is 5.69 Å². The van der Waals surface area contributed by atoms with Crippen LogP contribution >= 0.6 is 0 Å². The minimum absolute atomic E-state index is 0.0126. The Balaban J connectivity index is 1.79. The zero-order chi connectivity index (χ0) is 21.3. The van der Waals surface area contributed by atoms with Gasteiger partial charge in [0.1, 0.15) is 5.69 Å². The highest BCUT2D eigenvalue weighted by Gasteiger charge is 2.24. The summed E-state index contributed by atoms with van der Waals surface area (Å²) in [4.78, 5) is 25.5. The highest BCUT2D eigenvalue weighted by atomic mass is 16.6. The molecule has 1 aromatic heterocycles. The third kappa shape index (κ3) is 3.81. The van der Waals surface area contributed by atoms with Gasteiger partial charge in [-0.3, -0.25) is 14.9 Å². The van der Waals surface area contributed by atoms with Crippen molar-refractivity contribution in [2.24, 2.45) is 0 Å². The molecule has 0 unspecified atom stereocenters. The third-order valence-electron chi connectivity index (χ3n) is 5.33. The number of carbonyl (C=O) groups is 1. The molecule has 0 radical (unpaired) electrons. The molecule has 30 heavy (non-hydrogen) atoms. The van der Waals surface area contributed by atoms with Crippen molar-refractivity contribution >= 4 is 11.6 Å². The van der Waals surface area contributed by atoms with E-state index < -0.39 is 4.92 Å². The molecule has 1 aliphatic heterocycles. The lowest BCUT2D eigenvalue weighted by Gasteiger charge is -2.26. The Hall–Kier alpha value is -3.52. The summed E-state index contributed by atoms with van der Waals surface area (Å²) in [5.41, 5.74) is 4.90. The summed E-state index contributed by atoms with van der Waals surface area (Å²) in [5.74, 6) is -0.140. The molecule has 0 saturated carbocycles. The first-order valence-corrected chi connectivity index (χ1v) is 9.73. The first kappa shape index (κ1) is 19.8. The van der Waals surface area contributed by atoms with Crippen LogP contribution in [0.1, 0.15) is 21.6 Å². The van der Waals surface area contributed by atoms with E-state index in [0.29, 0.717) is 43.4 Å². The van der Waals surface area contributed by atoms with Gasteiger partial charge in [-0.2, -0.15) is 5.10 Å². The molecule has 4 rings (SSSR count). The van der Waals surface area contributed by atoms with Crippen molar-refractivity contribution in [2.75, 3.05) is 26.3 Å². The number of rotatable bonds is 4. The van der Waals surface area contributed by atoms with E-state index in [4.69, 9.17) is 4.74 Å². The number of carbonyl (C=O) groups excluding carboxylic acids is 1. The number of aromatic nitrogens is 2. The predicted octanol–water partition coefficient (Wildman–Crippen LogP) is 3.54. The Morgan fingerprint density at radius 3 is 2.37 bits per heavy atom. The largest absolute Gasteiger partial charge is 0.378 e. The van der Waals surface area contributed by atoms with Crippen LogP contribution in [-0.2, 0) is 4.74 Å². The molecule has 0 atom stereocenters. The maximum Gasteiger partial charge on any atom is 0.272 e. The second-order valence-electron chi connectivity index (χ2n) is 7.30. The zero-order valence-corrected chi connectivity index (χ0v) is 16.9. The standard InChI is InChI=1S/C22H22N4O4/c1-15-3-4-17(13-16(15)2)20-14-21(22(27)24-9-11-30-12-10-24)25(23-20)18-5-7-19(8-6-18)26(28)29/h3-8,13-14H,9-12H2,1-2H3. The number of hydrogen-bond donors (Lipinski definition) is 0. The smallest absolute Gasteiger partial charge is 0.272 e. The van der Waals surface area contributed by atoms with Gasteiger partial charge in [0.2, 0.25) is 0 Å².